The van der Waals surface area contributed by atoms with Crippen LogP contribution in [0, 0.1) is 5.82 Å². The minimum Gasteiger partial charge on any atom is -0.494 e. The number of methoxy groups -OCH3 is 1. The molecule has 12 heteroatoms. The fourth-order valence-corrected chi connectivity index (χ4v) is 6.55. The van der Waals surface area contributed by atoms with E-state index in [0.717, 1.165) is 56.1 Å². The zero-order valence-electron chi connectivity index (χ0n) is 24.3. The molecule has 0 spiro atoms. The molecule has 4 heterocycles. The summed E-state index contributed by atoms with van der Waals surface area (Å²) in [5, 5.41) is 10.1. The summed E-state index contributed by atoms with van der Waals surface area (Å²) in [5.74, 6) is 1.20. The first kappa shape index (κ1) is 28.8. The molecule has 2 aromatic carbocycles. The van der Waals surface area contributed by atoms with Crippen molar-refractivity contribution in [2.24, 2.45) is 0 Å². The fourth-order valence-electron chi connectivity index (χ4n) is 6.39. The number of hydrogen-bond acceptors (Lipinski definition) is 8. The molecular weight excluding hydrogens is 589 g/mol. The monoisotopic (exact) mass is 621 g/mol. The summed E-state index contributed by atoms with van der Waals surface area (Å²) in [5.41, 5.74) is 1.99. The van der Waals surface area contributed by atoms with Crippen molar-refractivity contribution < 1.29 is 28.5 Å². The third kappa shape index (κ3) is 5.44. The number of carboxylic acids is 1. The van der Waals surface area contributed by atoms with Gasteiger partial charge in [0.25, 0.3) is 0 Å². The molecule has 230 valence electrons. The first-order valence-corrected chi connectivity index (χ1v) is 15.2. The number of carbonyl (C=O) groups is 1. The average Bonchev–Trinajstić information content (AvgIpc) is 3.31. The van der Waals surface area contributed by atoms with Gasteiger partial charge in [-0.1, -0.05) is 23.7 Å². The lowest BCUT2D eigenvalue weighted by Gasteiger charge is -2.54. The van der Waals surface area contributed by atoms with Gasteiger partial charge in [-0.25, -0.2) is 14.2 Å². The topological polar surface area (TPSA) is 102 Å². The van der Waals surface area contributed by atoms with Crippen molar-refractivity contribution in [1.82, 2.24) is 19.4 Å². The number of pyridine rings is 1. The SMILES string of the molecule is COc1cc(C(=O)O)cc2c1nc(CN1CCN(c3cccc(OCc4ccc(Cl)cc4F)n3)[C@@H]3CC[C@H]31)n2C[C@@H]1CCO1. The van der Waals surface area contributed by atoms with E-state index < -0.39 is 11.8 Å². The third-order valence-electron chi connectivity index (χ3n) is 8.98. The normalized spacial score (nSPS) is 21.4. The second kappa shape index (κ2) is 11.9. The molecule has 0 unspecified atom stereocenters. The molecule has 2 aliphatic heterocycles. The van der Waals surface area contributed by atoms with Gasteiger partial charge in [0.05, 0.1) is 37.4 Å². The molecule has 0 bridgehead atoms. The Kier molecular flexibility index (Phi) is 7.77. The minimum absolute atomic E-state index is 0.0604. The molecule has 0 radical (unpaired) electrons. The molecule has 1 N–H and O–H groups in total. The van der Waals surface area contributed by atoms with Crippen molar-refractivity contribution in [2.75, 3.05) is 31.7 Å². The molecule has 10 nitrogen and oxygen atoms in total. The highest BCUT2D eigenvalue weighted by Gasteiger charge is 2.44. The van der Waals surface area contributed by atoms with E-state index in [9.17, 15) is 14.3 Å². The van der Waals surface area contributed by atoms with Gasteiger partial charge in [-0.2, -0.15) is 4.98 Å². The van der Waals surface area contributed by atoms with Crippen LogP contribution in [0.3, 0.4) is 0 Å². The zero-order valence-corrected chi connectivity index (χ0v) is 25.0. The molecule has 7 rings (SSSR count). The number of nitrogens with zero attached hydrogens (tertiary/aromatic N) is 5. The number of benzene rings is 2. The number of imidazole rings is 1. The van der Waals surface area contributed by atoms with Crippen LogP contribution in [0.1, 0.15) is 41.0 Å². The summed E-state index contributed by atoms with van der Waals surface area (Å²) in [4.78, 5) is 26.4. The van der Waals surface area contributed by atoms with Crippen LogP contribution < -0.4 is 14.4 Å². The van der Waals surface area contributed by atoms with Gasteiger partial charge < -0.3 is 28.8 Å². The number of fused-ring (bicyclic) bond motifs is 2. The van der Waals surface area contributed by atoms with Crippen molar-refractivity contribution in [2.45, 2.75) is 57.1 Å². The molecule has 44 heavy (non-hydrogen) atoms. The molecule has 3 atom stereocenters. The average molecular weight is 622 g/mol. The second-order valence-corrected chi connectivity index (χ2v) is 11.9. The number of anilines is 1. The summed E-state index contributed by atoms with van der Waals surface area (Å²) >= 11 is 5.87. The van der Waals surface area contributed by atoms with Crippen molar-refractivity contribution in [3.63, 3.8) is 0 Å². The zero-order chi connectivity index (χ0) is 30.4. The van der Waals surface area contributed by atoms with E-state index in [1.54, 1.807) is 24.3 Å². The first-order valence-electron chi connectivity index (χ1n) is 14.8. The molecule has 0 amide bonds. The summed E-state index contributed by atoms with van der Waals surface area (Å²) in [6, 6.07) is 14.1. The first-order chi connectivity index (χ1) is 21.4. The Balaban J connectivity index is 1.09. The van der Waals surface area contributed by atoms with Crippen LogP contribution in [0.25, 0.3) is 11.0 Å². The van der Waals surface area contributed by atoms with Gasteiger partial charge in [0.2, 0.25) is 5.88 Å². The van der Waals surface area contributed by atoms with Crippen LogP contribution in [0.5, 0.6) is 11.6 Å². The lowest BCUT2D eigenvalue weighted by Crippen LogP contribution is -2.64. The largest absolute Gasteiger partial charge is 0.494 e. The lowest BCUT2D eigenvalue weighted by molar-refractivity contribution is -0.0594. The van der Waals surface area contributed by atoms with Crippen LogP contribution in [-0.4, -0.2) is 75.5 Å². The van der Waals surface area contributed by atoms with Crippen LogP contribution >= 0.6 is 11.6 Å². The van der Waals surface area contributed by atoms with Crippen LogP contribution in [0.15, 0.2) is 48.5 Å². The highest BCUT2D eigenvalue weighted by atomic mass is 35.5. The predicted octanol–water partition coefficient (Wildman–Crippen LogP) is 5.15. The number of aromatic nitrogens is 3. The number of ether oxygens (including phenoxy) is 3. The van der Waals surface area contributed by atoms with E-state index in [1.807, 2.05) is 12.1 Å². The number of aromatic carboxylic acids is 1. The van der Waals surface area contributed by atoms with E-state index in [4.69, 9.17) is 35.8 Å². The molecule has 2 aromatic heterocycles. The number of carboxylic acid groups (broad SMARTS) is 1. The number of hydrogen-bond donors (Lipinski definition) is 1. The summed E-state index contributed by atoms with van der Waals surface area (Å²) in [6.45, 7) is 3.63. The fraction of sp³-hybridized carbons (Fsp3) is 0.406. The maximum absolute atomic E-state index is 14.2. The van der Waals surface area contributed by atoms with Crippen LogP contribution in [0.2, 0.25) is 5.02 Å². The van der Waals surface area contributed by atoms with Gasteiger partial charge in [-0.3, -0.25) is 4.90 Å². The molecule has 3 aliphatic rings. The standard InChI is InChI=1S/C32H33ClFN5O5/c1-42-27-14-20(32(40)41)13-26-31(27)36-29(39(26)16-22-9-12-43-22)17-37-10-11-38(25-8-7-24(25)37)28-3-2-4-30(35-28)44-18-19-5-6-21(33)15-23(19)34/h2-6,13-15,22,24-25H,7-12,16-18H2,1H3,(H,40,41)/t22-,24+,25+/m0/s1. The van der Waals surface area contributed by atoms with Gasteiger partial charge in [0, 0.05) is 48.4 Å². The van der Waals surface area contributed by atoms with Crippen molar-refractivity contribution in [1.29, 1.82) is 0 Å². The summed E-state index contributed by atoms with van der Waals surface area (Å²) in [7, 11) is 1.54. The summed E-state index contributed by atoms with van der Waals surface area (Å²) < 4.78 is 33.5. The van der Waals surface area contributed by atoms with Gasteiger partial charge in [0.15, 0.2) is 0 Å². The Labute approximate surface area is 258 Å². The molecule has 1 saturated carbocycles. The quantitative estimate of drug-likeness (QED) is 0.257. The smallest absolute Gasteiger partial charge is 0.335 e. The Morgan fingerprint density at radius 3 is 2.66 bits per heavy atom. The molecule has 4 aromatic rings. The number of rotatable bonds is 10. The highest BCUT2D eigenvalue weighted by Crippen LogP contribution is 2.38. The predicted molar refractivity (Wildman–Crippen MR) is 162 cm³/mol. The molecular formula is C32H33ClFN5O5. The minimum atomic E-state index is -1.01. The maximum Gasteiger partial charge on any atom is 0.335 e. The van der Waals surface area contributed by atoms with E-state index in [0.29, 0.717) is 52.9 Å². The number of piperazine rings is 1. The van der Waals surface area contributed by atoms with E-state index in [1.165, 1.54) is 19.2 Å². The van der Waals surface area contributed by atoms with Gasteiger partial charge in [-0.15, -0.1) is 0 Å². The summed E-state index contributed by atoms with van der Waals surface area (Å²) in [6.07, 6.45) is 3.15. The molecule has 2 saturated heterocycles. The Hall–Kier alpha value is -3.93. The third-order valence-corrected chi connectivity index (χ3v) is 9.22. The van der Waals surface area contributed by atoms with E-state index in [2.05, 4.69) is 14.4 Å². The van der Waals surface area contributed by atoms with E-state index in [-0.39, 0.29) is 18.3 Å². The van der Waals surface area contributed by atoms with E-state index >= 15 is 0 Å². The van der Waals surface area contributed by atoms with Crippen molar-refractivity contribution >= 4 is 34.4 Å². The molecule has 1 aliphatic carbocycles. The highest BCUT2D eigenvalue weighted by molar-refractivity contribution is 6.30. The Bertz CT molecular complexity index is 1710. The lowest BCUT2D eigenvalue weighted by atomic mass is 9.81. The van der Waals surface area contributed by atoms with Crippen LogP contribution in [-0.2, 0) is 24.4 Å². The molecule has 3 fully saturated rings. The van der Waals surface area contributed by atoms with Crippen LogP contribution in [0.4, 0.5) is 10.2 Å². The Morgan fingerprint density at radius 1 is 1.11 bits per heavy atom. The van der Waals surface area contributed by atoms with Crippen molar-refractivity contribution in [3.8, 4) is 11.6 Å². The van der Waals surface area contributed by atoms with Gasteiger partial charge >= 0.3 is 5.97 Å². The second-order valence-electron chi connectivity index (χ2n) is 11.5. The van der Waals surface area contributed by atoms with Gasteiger partial charge in [0.1, 0.15) is 35.3 Å². The number of halogens is 2. The van der Waals surface area contributed by atoms with Gasteiger partial charge in [-0.05, 0) is 49.6 Å². The van der Waals surface area contributed by atoms with Crippen molar-refractivity contribution in [3.05, 3.63) is 76.3 Å². The Morgan fingerprint density at radius 2 is 1.95 bits per heavy atom. The maximum atomic E-state index is 14.2.